The summed E-state index contributed by atoms with van der Waals surface area (Å²) in [6, 6.07) is 8.61. The molecule has 0 saturated carbocycles. The average Bonchev–Trinajstić information content (AvgIpc) is 3.01. The van der Waals surface area contributed by atoms with Crippen LogP contribution in [-0.2, 0) is 38.8 Å². The molecule has 116 valence electrons. The summed E-state index contributed by atoms with van der Waals surface area (Å²) in [5.41, 5.74) is 0.281. The van der Waals surface area contributed by atoms with E-state index in [0.717, 1.165) is 0 Å². The van der Waals surface area contributed by atoms with Gasteiger partial charge in [0.2, 0.25) is 0 Å². The van der Waals surface area contributed by atoms with Gasteiger partial charge in [0.15, 0.2) is 0 Å². The first kappa shape index (κ1) is 17.5. The molecule has 0 radical (unpaired) electrons. The second-order valence-electron chi connectivity index (χ2n) is 4.83. The summed E-state index contributed by atoms with van der Waals surface area (Å²) in [5, 5.41) is 7.93. The number of azo groups is 1. The van der Waals surface area contributed by atoms with E-state index < -0.39 is 39.6 Å². The maximum atomic E-state index is 13.0. The molecule has 8 heteroatoms. The summed E-state index contributed by atoms with van der Waals surface area (Å²) < 4.78 is 10.2. The number of ketones is 1. The molecule has 2 rings (SSSR count). The first-order chi connectivity index (χ1) is 11.0. The molecule has 0 fully saturated rings. The number of carbonyl (C=O) groups excluding carboxylic acids is 3. The number of nitrogens with zero attached hydrogens (tertiary/aromatic N) is 2. The van der Waals surface area contributed by atoms with Gasteiger partial charge in [-0.3, -0.25) is 0 Å². The monoisotopic (exact) mass is 505 g/mol. The van der Waals surface area contributed by atoms with Crippen molar-refractivity contribution >= 4 is 17.7 Å². The molecular formula is C15H15HgN2O5+. The Labute approximate surface area is 145 Å². The van der Waals surface area contributed by atoms with Crippen molar-refractivity contribution in [3.8, 4) is 0 Å². The number of benzene rings is 1. The molecule has 0 spiro atoms. The SMILES string of the molecule is COC(=O)C1=C(C(=[OH+])OC)[C]([Hg][CH3])(C(=O)c2ccccc2)N=N1. The number of ether oxygens (including phenoxy) is 2. The number of rotatable bonds is 5. The van der Waals surface area contributed by atoms with Crippen LogP contribution in [0.4, 0.5) is 0 Å². The van der Waals surface area contributed by atoms with E-state index in [4.69, 9.17) is 4.74 Å². The molecule has 0 saturated heterocycles. The number of esters is 2. The van der Waals surface area contributed by atoms with Gasteiger partial charge in [-0.2, -0.15) is 0 Å². The normalized spacial score (nSPS) is 19.3. The van der Waals surface area contributed by atoms with Gasteiger partial charge in [-0.05, 0) is 0 Å². The average molecular weight is 504 g/mol. The van der Waals surface area contributed by atoms with Crippen LogP contribution in [0.5, 0.6) is 0 Å². The van der Waals surface area contributed by atoms with Crippen LogP contribution in [0.2, 0.25) is 4.43 Å². The van der Waals surface area contributed by atoms with Gasteiger partial charge >= 0.3 is 145 Å². The van der Waals surface area contributed by atoms with E-state index in [1.165, 1.54) is 14.2 Å². The van der Waals surface area contributed by atoms with Crippen molar-refractivity contribution in [3.63, 3.8) is 0 Å². The molecule has 1 atom stereocenters. The summed E-state index contributed by atoms with van der Waals surface area (Å²) in [4.78, 5) is 35.1. The molecule has 23 heavy (non-hydrogen) atoms. The predicted molar refractivity (Wildman–Crippen MR) is 77.2 cm³/mol. The van der Waals surface area contributed by atoms with Crippen LogP contribution in [0.15, 0.2) is 51.8 Å². The molecule has 0 bridgehead atoms. The predicted octanol–water partition coefficient (Wildman–Crippen LogP) is 1.74. The molecule has 1 heterocycles. The number of methoxy groups -OCH3 is 2. The van der Waals surface area contributed by atoms with Gasteiger partial charge in [-0.1, -0.05) is 0 Å². The Morgan fingerprint density at radius 3 is 2.35 bits per heavy atom. The van der Waals surface area contributed by atoms with Gasteiger partial charge in [0.05, 0.1) is 0 Å². The van der Waals surface area contributed by atoms with Crippen molar-refractivity contribution in [2.75, 3.05) is 14.2 Å². The van der Waals surface area contributed by atoms with Gasteiger partial charge in [0, 0.05) is 0 Å². The van der Waals surface area contributed by atoms with Gasteiger partial charge in [0.1, 0.15) is 0 Å². The van der Waals surface area contributed by atoms with Crippen LogP contribution in [0.25, 0.3) is 0 Å². The molecular weight excluding hydrogens is 489 g/mol. The third kappa shape index (κ3) is 2.97. The topological polar surface area (TPSA) is 98.7 Å². The van der Waals surface area contributed by atoms with Crippen LogP contribution in [0.1, 0.15) is 10.4 Å². The van der Waals surface area contributed by atoms with E-state index in [0.29, 0.717) is 5.56 Å². The summed E-state index contributed by atoms with van der Waals surface area (Å²) in [6.45, 7) is 0. The zero-order valence-corrected chi connectivity index (χ0v) is 18.6. The molecule has 1 aliphatic rings. The number of hydrogen-bond acceptors (Lipinski definition) is 6. The fourth-order valence-corrected chi connectivity index (χ4v) is 7.93. The minimum atomic E-state index is -2.06. The van der Waals surface area contributed by atoms with E-state index in [-0.39, 0.29) is 17.1 Å². The molecule has 1 aromatic carbocycles. The van der Waals surface area contributed by atoms with Crippen molar-refractivity contribution in [3.05, 3.63) is 47.2 Å². The Morgan fingerprint density at radius 1 is 1.17 bits per heavy atom. The first-order valence-corrected chi connectivity index (χ1v) is 15.2. The Balaban J connectivity index is 2.63. The van der Waals surface area contributed by atoms with Crippen LogP contribution in [-0.4, -0.2) is 39.8 Å². The van der Waals surface area contributed by atoms with Crippen molar-refractivity contribution in [2.45, 2.75) is 7.48 Å². The van der Waals surface area contributed by atoms with Crippen molar-refractivity contribution in [1.82, 2.24) is 0 Å². The van der Waals surface area contributed by atoms with Crippen molar-refractivity contribution in [2.24, 2.45) is 10.2 Å². The Morgan fingerprint density at radius 2 is 1.83 bits per heavy atom. The van der Waals surface area contributed by atoms with Gasteiger partial charge in [0.25, 0.3) is 0 Å². The number of Topliss-reactive ketones (excluding diaryl/α,β-unsaturated/α-hetero) is 1. The van der Waals surface area contributed by atoms with Crippen LogP contribution in [0.3, 0.4) is 0 Å². The summed E-state index contributed by atoms with van der Waals surface area (Å²) in [6.07, 6.45) is 0. The van der Waals surface area contributed by atoms with E-state index in [1.807, 2.05) is 4.43 Å². The van der Waals surface area contributed by atoms with Crippen molar-refractivity contribution in [1.29, 1.82) is 0 Å². The second-order valence-corrected chi connectivity index (χ2v) is 11.6. The van der Waals surface area contributed by atoms with E-state index in [2.05, 4.69) is 15.0 Å². The summed E-state index contributed by atoms with van der Waals surface area (Å²) in [5.74, 6) is -1.58. The Bertz CT molecular complexity index is 714. The zero-order valence-electron chi connectivity index (χ0n) is 13.1. The molecule has 7 nitrogen and oxygen atoms in total. The summed E-state index contributed by atoms with van der Waals surface area (Å²) in [7, 11) is 2.45. The Kier molecular flexibility index (Phi) is 5.40. The number of carbonyl (C=O) groups is 2. The maximum absolute atomic E-state index is 13.0. The van der Waals surface area contributed by atoms with Crippen LogP contribution < -0.4 is 0 Å². The van der Waals surface area contributed by atoms with E-state index >= 15 is 0 Å². The van der Waals surface area contributed by atoms with Crippen molar-refractivity contribution < 1.29 is 48.4 Å². The van der Waals surface area contributed by atoms with Gasteiger partial charge in [-0.15, -0.1) is 0 Å². The molecule has 0 aliphatic carbocycles. The molecule has 0 aromatic heterocycles. The third-order valence-corrected chi connectivity index (χ3v) is 10.8. The van der Waals surface area contributed by atoms with E-state index in [9.17, 15) is 14.4 Å². The van der Waals surface area contributed by atoms with Crippen LogP contribution in [0, 0.1) is 0 Å². The fraction of sp³-hybridized carbons (Fsp3) is 0.267. The minimum absolute atomic E-state index is 0.0184. The van der Waals surface area contributed by atoms with E-state index in [1.54, 1.807) is 30.3 Å². The van der Waals surface area contributed by atoms with Gasteiger partial charge < -0.3 is 0 Å². The number of hydrogen-bond donors (Lipinski definition) is 0. The zero-order chi connectivity index (χ0) is 17.0. The molecule has 0 amide bonds. The molecule has 1 aromatic rings. The standard InChI is InChI=1S/C14H11N2O5.CH3.Hg/c1-20-13(18)9-10(15-16-11(9)14(19)21-2)12(17)8-6-4-3-5-7-8;;/h3-7H,1-2H3;1H3;/p+1. The molecule has 1 unspecified atom stereocenters. The van der Waals surface area contributed by atoms with Gasteiger partial charge in [-0.25, -0.2) is 0 Å². The molecule has 1 aliphatic heterocycles. The fourth-order valence-electron chi connectivity index (χ4n) is 2.45. The molecule has 1 N–H and O–H groups in total. The summed E-state index contributed by atoms with van der Waals surface area (Å²) >= 11 is -2.06. The third-order valence-electron chi connectivity index (χ3n) is 3.68. The quantitative estimate of drug-likeness (QED) is 0.264. The second kappa shape index (κ2) is 7.12. The van der Waals surface area contributed by atoms with Crippen LogP contribution >= 0.6 is 0 Å². The Hall–Kier alpha value is -1.89. The first-order valence-electron chi connectivity index (χ1n) is 6.98.